The predicted octanol–water partition coefficient (Wildman–Crippen LogP) is 2.11. The van der Waals surface area contributed by atoms with Crippen molar-refractivity contribution in [1.82, 2.24) is 4.98 Å². The maximum absolute atomic E-state index is 4.37. The summed E-state index contributed by atoms with van der Waals surface area (Å²) >= 11 is 0.460. The van der Waals surface area contributed by atoms with Crippen LogP contribution in [0.1, 0.15) is 4.44 Å². The van der Waals surface area contributed by atoms with E-state index in [1.54, 1.807) is 0 Å². The van der Waals surface area contributed by atoms with Gasteiger partial charge in [-0.2, -0.15) is 0 Å². The zero-order valence-corrected chi connectivity index (χ0v) is 8.53. The normalized spacial score (nSPS) is 10.1. The van der Waals surface area contributed by atoms with Crippen molar-refractivity contribution in [3.8, 4) is 10.1 Å². The van der Waals surface area contributed by atoms with Gasteiger partial charge in [-0.3, -0.25) is 0 Å². The molecule has 0 amide bonds. The molecule has 0 atom stereocenters. The van der Waals surface area contributed by atoms with E-state index in [1.165, 1.54) is 14.6 Å². The van der Waals surface area contributed by atoms with Gasteiger partial charge in [-0.1, -0.05) is 0 Å². The second-order valence-corrected chi connectivity index (χ2v) is 5.23. The van der Waals surface area contributed by atoms with Crippen LogP contribution in [-0.4, -0.2) is 19.5 Å². The number of nitrogens with zero attached hydrogens (tertiary/aromatic N) is 1. The summed E-state index contributed by atoms with van der Waals surface area (Å²) in [6.45, 7) is 2.14. The SMILES string of the molecule is Cc1cnc(-c2ccccc2)[se]1. The summed E-state index contributed by atoms with van der Waals surface area (Å²) in [6, 6.07) is 10.4. The molecule has 1 heterocycles. The number of hydrogen-bond donors (Lipinski definition) is 0. The monoisotopic (exact) mass is 223 g/mol. The first-order valence-electron chi connectivity index (χ1n) is 3.84. The van der Waals surface area contributed by atoms with E-state index < -0.39 is 0 Å². The zero-order valence-electron chi connectivity index (χ0n) is 6.82. The van der Waals surface area contributed by atoms with E-state index in [4.69, 9.17) is 0 Å². The van der Waals surface area contributed by atoms with Crippen LogP contribution in [0.15, 0.2) is 36.5 Å². The first kappa shape index (κ1) is 7.78. The molecular weight excluding hydrogens is 213 g/mol. The van der Waals surface area contributed by atoms with Gasteiger partial charge in [0, 0.05) is 0 Å². The third-order valence-electron chi connectivity index (χ3n) is 1.64. The topological polar surface area (TPSA) is 12.9 Å². The molecule has 0 aliphatic rings. The van der Waals surface area contributed by atoms with Crippen molar-refractivity contribution in [2.75, 3.05) is 0 Å². The molecule has 2 rings (SSSR count). The van der Waals surface area contributed by atoms with Gasteiger partial charge in [0.25, 0.3) is 0 Å². The van der Waals surface area contributed by atoms with Crippen LogP contribution < -0.4 is 0 Å². The maximum atomic E-state index is 4.37. The van der Waals surface area contributed by atoms with Crippen molar-refractivity contribution in [2.45, 2.75) is 6.92 Å². The predicted molar refractivity (Wildman–Crippen MR) is 51.4 cm³/mol. The average Bonchev–Trinajstić information content (AvgIpc) is 2.54. The Hall–Kier alpha value is -0.851. The van der Waals surface area contributed by atoms with Crippen LogP contribution in [0.3, 0.4) is 0 Å². The molecule has 0 aliphatic carbocycles. The van der Waals surface area contributed by atoms with Crippen molar-refractivity contribution in [3.63, 3.8) is 0 Å². The van der Waals surface area contributed by atoms with Gasteiger partial charge >= 0.3 is 77.5 Å². The van der Waals surface area contributed by atoms with Crippen LogP contribution in [0.2, 0.25) is 0 Å². The Morgan fingerprint density at radius 2 is 1.92 bits per heavy atom. The first-order valence-corrected chi connectivity index (χ1v) is 5.55. The quantitative estimate of drug-likeness (QED) is 0.673. The fraction of sp³-hybridized carbons (Fsp3) is 0.100. The Morgan fingerprint density at radius 1 is 1.17 bits per heavy atom. The third-order valence-corrected chi connectivity index (χ3v) is 3.66. The van der Waals surface area contributed by atoms with Gasteiger partial charge in [-0.25, -0.2) is 0 Å². The molecule has 0 unspecified atom stereocenters. The Labute approximate surface area is 77.8 Å². The molecule has 1 nitrogen and oxygen atoms in total. The van der Waals surface area contributed by atoms with E-state index in [2.05, 4.69) is 36.2 Å². The molecule has 60 valence electrons. The van der Waals surface area contributed by atoms with Gasteiger partial charge < -0.3 is 0 Å². The van der Waals surface area contributed by atoms with Gasteiger partial charge in [-0.15, -0.1) is 0 Å². The Bertz CT molecular complexity index is 364. The van der Waals surface area contributed by atoms with E-state index in [-0.39, 0.29) is 0 Å². The van der Waals surface area contributed by atoms with Crippen LogP contribution in [0, 0.1) is 6.92 Å². The summed E-state index contributed by atoms with van der Waals surface area (Å²) in [4.78, 5) is 4.37. The molecule has 1 aromatic carbocycles. The van der Waals surface area contributed by atoms with Gasteiger partial charge in [0.2, 0.25) is 0 Å². The zero-order chi connectivity index (χ0) is 8.39. The molecule has 0 saturated carbocycles. The van der Waals surface area contributed by atoms with E-state index >= 15 is 0 Å². The summed E-state index contributed by atoms with van der Waals surface area (Å²) in [6.07, 6.45) is 1.97. The van der Waals surface area contributed by atoms with Crippen molar-refractivity contribution < 1.29 is 0 Å². The van der Waals surface area contributed by atoms with Gasteiger partial charge in [0.15, 0.2) is 0 Å². The molecule has 1 aromatic heterocycles. The van der Waals surface area contributed by atoms with Crippen LogP contribution in [-0.2, 0) is 0 Å². The third kappa shape index (κ3) is 1.50. The molecule has 0 bridgehead atoms. The Morgan fingerprint density at radius 3 is 2.50 bits per heavy atom. The number of benzene rings is 1. The molecule has 12 heavy (non-hydrogen) atoms. The molecule has 0 fully saturated rings. The standard InChI is InChI=1S/C10H9NSe/c1-8-7-11-10(12-8)9-5-3-2-4-6-9/h2-7H,1H3. The number of aromatic nitrogens is 1. The molecule has 0 aliphatic heterocycles. The fourth-order valence-corrected chi connectivity index (χ4v) is 2.68. The van der Waals surface area contributed by atoms with Gasteiger partial charge in [0.1, 0.15) is 0 Å². The summed E-state index contributed by atoms with van der Waals surface area (Å²) in [5.41, 5.74) is 1.27. The first-order chi connectivity index (χ1) is 5.86. The van der Waals surface area contributed by atoms with Crippen molar-refractivity contribution >= 4 is 14.5 Å². The van der Waals surface area contributed by atoms with Crippen molar-refractivity contribution in [3.05, 3.63) is 41.0 Å². The molecule has 0 N–H and O–H groups in total. The van der Waals surface area contributed by atoms with E-state index in [9.17, 15) is 0 Å². The second-order valence-electron chi connectivity index (χ2n) is 2.64. The van der Waals surface area contributed by atoms with Gasteiger partial charge in [-0.05, 0) is 0 Å². The summed E-state index contributed by atoms with van der Waals surface area (Å²) in [5, 5.41) is 0. The van der Waals surface area contributed by atoms with E-state index in [1.807, 2.05) is 12.3 Å². The Kier molecular flexibility index (Phi) is 2.11. The van der Waals surface area contributed by atoms with Crippen molar-refractivity contribution in [1.29, 1.82) is 0 Å². The van der Waals surface area contributed by atoms with Crippen LogP contribution in [0.4, 0.5) is 0 Å². The molecule has 0 radical (unpaired) electrons. The molecule has 0 spiro atoms. The molecule has 2 heteroatoms. The average molecular weight is 222 g/mol. The molecule has 0 saturated heterocycles. The summed E-state index contributed by atoms with van der Waals surface area (Å²) in [7, 11) is 0. The Balaban J connectivity index is 2.45. The summed E-state index contributed by atoms with van der Waals surface area (Å²) in [5.74, 6) is 0. The number of rotatable bonds is 1. The minimum absolute atomic E-state index is 0.460. The van der Waals surface area contributed by atoms with Gasteiger partial charge in [0.05, 0.1) is 0 Å². The van der Waals surface area contributed by atoms with Crippen molar-refractivity contribution in [2.24, 2.45) is 0 Å². The van der Waals surface area contributed by atoms with E-state index in [0.717, 1.165) is 0 Å². The van der Waals surface area contributed by atoms with Crippen LogP contribution in [0.25, 0.3) is 10.1 Å². The molecule has 2 aromatic rings. The summed E-state index contributed by atoms with van der Waals surface area (Å²) < 4.78 is 2.65. The van der Waals surface area contributed by atoms with Crippen LogP contribution in [0.5, 0.6) is 0 Å². The number of aryl methyl sites for hydroxylation is 1. The fourth-order valence-electron chi connectivity index (χ4n) is 1.07. The number of hydrogen-bond acceptors (Lipinski definition) is 1. The minimum atomic E-state index is 0.460. The molecular formula is C10H9NSe. The van der Waals surface area contributed by atoms with Crippen LogP contribution >= 0.6 is 0 Å². The van der Waals surface area contributed by atoms with E-state index in [0.29, 0.717) is 14.5 Å². The second kappa shape index (κ2) is 3.26.